The van der Waals surface area contributed by atoms with Gasteiger partial charge in [0.2, 0.25) is 0 Å². The van der Waals surface area contributed by atoms with Crippen molar-refractivity contribution in [3.05, 3.63) is 35.4 Å². The Bertz CT molecular complexity index is 429. The summed E-state index contributed by atoms with van der Waals surface area (Å²) in [6.07, 6.45) is 0.739. The summed E-state index contributed by atoms with van der Waals surface area (Å²) in [5.74, 6) is -0.0409. The van der Waals surface area contributed by atoms with E-state index < -0.39 is 0 Å². The highest BCUT2D eigenvalue weighted by Gasteiger charge is 2.21. The number of nitrogens with zero attached hydrogens (tertiary/aromatic N) is 2. The predicted octanol–water partition coefficient (Wildman–Crippen LogP) is 1.31. The molecule has 1 aromatic carbocycles. The van der Waals surface area contributed by atoms with Crippen molar-refractivity contribution in [1.29, 1.82) is 0 Å². The first-order valence-corrected chi connectivity index (χ1v) is 5.74. The van der Waals surface area contributed by atoms with Gasteiger partial charge in [0.1, 0.15) is 0 Å². The molecule has 1 aliphatic heterocycles. The van der Waals surface area contributed by atoms with Crippen LogP contribution in [-0.4, -0.2) is 55.2 Å². The summed E-state index contributed by atoms with van der Waals surface area (Å²) in [5.41, 5.74) is 0.975. The van der Waals surface area contributed by atoms with Gasteiger partial charge in [0.15, 0.2) is 6.29 Å². The van der Waals surface area contributed by atoms with E-state index in [1.54, 1.807) is 24.3 Å². The highest BCUT2D eigenvalue weighted by Crippen LogP contribution is 2.11. The summed E-state index contributed by atoms with van der Waals surface area (Å²) in [5, 5.41) is 0. The quantitative estimate of drug-likeness (QED) is 0.760. The van der Waals surface area contributed by atoms with Gasteiger partial charge < -0.3 is 9.80 Å². The van der Waals surface area contributed by atoms with Gasteiger partial charge in [-0.2, -0.15) is 0 Å². The minimum atomic E-state index is -0.0409. The molecular formula is C13H17ClN2O2. The van der Waals surface area contributed by atoms with Gasteiger partial charge in [-0.25, -0.2) is 0 Å². The lowest BCUT2D eigenvalue weighted by Crippen LogP contribution is -2.47. The summed E-state index contributed by atoms with van der Waals surface area (Å²) in [6.45, 7) is 3.22. The third kappa shape index (κ3) is 3.09. The number of likely N-dealkylation sites (N-methyl/N-ethyl adjacent to an activating group) is 1. The van der Waals surface area contributed by atoms with Crippen molar-refractivity contribution >= 4 is 24.6 Å². The fourth-order valence-electron chi connectivity index (χ4n) is 1.97. The predicted molar refractivity (Wildman–Crippen MR) is 72.5 cm³/mol. The number of benzene rings is 1. The number of rotatable bonds is 2. The molecule has 0 bridgehead atoms. The minimum Gasteiger partial charge on any atom is -0.336 e. The smallest absolute Gasteiger partial charge is 0.254 e. The molecule has 4 nitrogen and oxygen atoms in total. The Hall–Kier alpha value is -1.39. The van der Waals surface area contributed by atoms with E-state index in [1.165, 1.54) is 0 Å². The molecule has 0 radical (unpaired) electrons. The molecule has 1 amide bonds. The summed E-state index contributed by atoms with van der Waals surface area (Å²) in [4.78, 5) is 27.1. The largest absolute Gasteiger partial charge is 0.336 e. The van der Waals surface area contributed by atoms with Crippen LogP contribution < -0.4 is 0 Å². The van der Waals surface area contributed by atoms with E-state index in [1.807, 2.05) is 11.9 Å². The number of hydrogen-bond acceptors (Lipinski definition) is 3. The third-order valence-electron chi connectivity index (χ3n) is 3.11. The topological polar surface area (TPSA) is 40.6 Å². The van der Waals surface area contributed by atoms with Crippen LogP contribution in [0.15, 0.2) is 24.3 Å². The average molecular weight is 269 g/mol. The highest BCUT2D eigenvalue weighted by atomic mass is 35.5. The Morgan fingerprint density at radius 1 is 1.17 bits per heavy atom. The molecular weight excluding hydrogens is 252 g/mol. The average Bonchev–Trinajstić information content (AvgIpc) is 2.39. The van der Waals surface area contributed by atoms with Crippen LogP contribution in [0.3, 0.4) is 0 Å². The summed E-state index contributed by atoms with van der Waals surface area (Å²) < 4.78 is 0. The van der Waals surface area contributed by atoms with E-state index in [-0.39, 0.29) is 18.3 Å². The van der Waals surface area contributed by atoms with Crippen LogP contribution in [0.1, 0.15) is 20.7 Å². The van der Waals surface area contributed by atoms with E-state index in [0.29, 0.717) is 11.1 Å². The van der Waals surface area contributed by atoms with Gasteiger partial charge in [-0.15, -0.1) is 12.4 Å². The summed E-state index contributed by atoms with van der Waals surface area (Å²) in [6, 6.07) is 6.95. The number of aldehydes is 1. The molecule has 1 aromatic rings. The second-order valence-corrected chi connectivity index (χ2v) is 4.30. The van der Waals surface area contributed by atoms with Crippen molar-refractivity contribution in [1.82, 2.24) is 9.80 Å². The minimum absolute atomic E-state index is 0. The van der Waals surface area contributed by atoms with E-state index in [4.69, 9.17) is 0 Å². The second-order valence-electron chi connectivity index (χ2n) is 4.30. The maximum absolute atomic E-state index is 12.2. The Balaban J connectivity index is 0.00000162. The fraction of sp³-hybridized carbons (Fsp3) is 0.385. The van der Waals surface area contributed by atoms with Crippen molar-refractivity contribution in [3.8, 4) is 0 Å². The molecule has 0 aromatic heterocycles. The van der Waals surface area contributed by atoms with E-state index in [2.05, 4.69) is 4.90 Å². The number of hydrogen-bond donors (Lipinski definition) is 0. The van der Waals surface area contributed by atoms with Crippen LogP contribution in [0.25, 0.3) is 0 Å². The number of carbonyl (C=O) groups is 2. The zero-order valence-electron chi connectivity index (χ0n) is 10.3. The van der Waals surface area contributed by atoms with Crippen LogP contribution in [-0.2, 0) is 0 Å². The molecule has 0 spiro atoms. The molecule has 0 aliphatic carbocycles. The molecule has 1 fully saturated rings. The number of piperazine rings is 1. The zero-order chi connectivity index (χ0) is 12.3. The lowest BCUT2D eigenvalue weighted by atomic mass is 10.1. The van der Waals surface area contributed by atoms with Gasteiger partial charge in [0.25, 0.3) is 5.91 Å². The molecule has 0 unspecified atom stereocenters. The van der Waals surface area contributed by atoms with Gasteiger partial charge in [-0.1, -0.05) is 18.2 Å². The van der Waals surface area contributed by atoms with E-state index in [9.17, 15) is 9.59 Å². The van der Waals surface area contributed by atoms with Gasteiger partial charge in [-0.05, 0) is 13.1 Å². The van der Waals surface area contributed by atoms with Crippen molar-refractivity contribution in [3.63, 3.8) is 0 Å². The molecule has 0 atom stereocenters. The SMILES string of the molecule is CN1CCN(C(=O)c2ccccc2C=O)CC1.Cl. The van der Waals surface area contributed by atoms with Crippen LogP contribution in [0.4, 0.5) is 0 Å². The molecule has 5 heteroatoms. The first-order valence-electron chi connectivity index (χ1n) is 5.74. The van der Waals surface area contributed by atoms with Crippen molar-refractivity contribution < 1.29 is 9.59 Å². The Labute approximate surface area is 113 Å². The lowest BCUT2D eigenvalue weighted by molar-refractivity contribution is 0.0662. The molecule has 1 heterocycles. The molecule has 2 rings (SSSR count). The number of carbonyl (C=O) groups excluding carboxylic acids is 2. The Morgan fingerprint density at radius 3 is 2.39 bits per heavy atom. The summed E-state index contributed by atoms with van der Waals surface area (Å²) >= 11 is 0. The van der Waals surface area contributed by atoms with Crippen LogP contribution >= 0.6 is 12.4 Å². The van der Waals surface area contributed by atoms with Gasteiger partial charge >= 0.3 is 0 Å². The van der Waals surface area contributed by atoms with Crippen LogP contribution in [0.2, 0.25) is 0 Å². The van der Waals surface area contributed by atoms with Gasteiger partial charge in [-0.3, -0.25) is 9.59 Å². The van der Waals surface area contributed by atoms with Crippen molar-refractivity contribution in [2.45, 2.75) is 0 Å². The standard InChI is InChI=1S/C13H16N2O2.ClH/c1-14-6-8-15(9-7-14)13(17)12-5-3-2-4-11(12)10-16;/h2-5,10H,6-9H2,1H3;1H. The number of amides is 1. The second kappa shape index (κ2) is 6.52. The zero-order valence-corrected chi connectivity index (χ0v) is 11.2. The summed E-state index contributed by atoms with van der Waals surface area (Å²) in [7, 11) is 2.04. The molecule has 1 saturated heterocycles. The van der Waals surface area contributed by atoms with Crippen molar-refractivity contribution in [2.75, 3.05) is 33.2 Å². The normalized spacial score (nSPS) is 15.9. The van der Waals surface area contributed by atoms with Crippen LogP contribution in [0, 0.1) is 0 Å². The highest BCUT2D eigenvalue weighted by molar-refractivity contribution is 6.01. The monoisotopic (exact) mass is 268 g/mol. The molecule has 1 aliphatic rings. The third-order valence-corrected chi connectivity index (χ3v) is 3.11. The molecule has 0 saturated carbocycles. The van der Waals surface area contributed by atoms with Crippen LogP contribution in [0.5, 0.6) is 0 Å². The van der Waals surface area contributed by atoms with Gasteiger partial charge in [0.05, 0.1) is 5.56 Å². The Kier molecular flexibility index (Phi) is 5.31. The van der Waals surface area contributed by atoms with E-state index >= 15 is 0 Å². The van der Waals surface area contributed by atoms with Crippen molar-refractivity contribution in [2.24, 2.45) is 0 Å². The fourth-order valence-corrected chi connectivity index (χ4v) is 1.97. The molecule has 98 valence electrons. The van der Waals surface area contributed by atoms with E-state index in [0.717, 1.165) is 32.5 Å². The first kappa shape index (κ1) is 14.7. The maximum Gasteiger partial charge on any atom is 0.254 e. The van der Waals surface area contributed by atoms with Gasteiger partial charge in [0, 0.05) is 31.7 Å². The molecule has 0 N–H and O–H groups in total. The lowest BCUT2D eigenvalue weighted by Gasteiger charge is -2.32. The molecule has 18 heavy (non-hydrogen) atoms. The number of halogens is 1. The first-order chi connectivity index (χ1) is 8.22. The maximum atomic E-state index is 12.2. The Morgan fingerprint density at radius 2 is 1.78 bits per heavy atom.